The second kappa shape index (κ2) is 3.78. The van der Waals surface area contributed by atoms with Crippen molar-refractivity contribution in [3.05, 3.63) is 47.0 Å². The van der Waals surface area contributed by atoms with Gasteiger partial charge in [-0.2, -0.15) is 5.10 Å². The fourth-order valence-electron chi connectivity index (χ4n) is 1.75. The van der Waals surface area contributed by atoms with E-state index in [-0.39, 0.29) is 0 Å². The van der Waals surface area contributed by atoms with Gasteiger partial charge in [0.25, 0.3) is 0 Å². The van der Waals surface area contributed by atoms with Crippen molar-refractivity contribution in [3.8, 4) is 5.69 Å². The summed E-state index contributed by atoms with van der Waals surface area (Å²) in [6.07, 6.45) is 3.33. The molecular formula is C12H10N4S. The SMILES string of the molecule is Cc1ccc(-n2ncc3c(=S)nc[nH]c32)cc1. The van der Waals surface area contributed by atoms with Crippen molar-refractivity contribution in [2.75, 3.05) is 0 Å². The third-order valence-corrected chi connectivity index (χ3v) is 2.99. The van der Waals surface area contributed by atoms with Gasteiger partial charge in [-0.05, 0) is 19.1 Å². The average molecular weight is 242 g/mol. The normalized spacial score (nSPS) is 10.9. The Labute approximate surface area is 103 Å². The quantitative estimate of drug-likeness (QED) is 0.667. The second-order valence-electron chi connectivity index (χ2n) is 3.86. The Bertz CT molecular complexity index is 724. The van der Waals surface area contributed by atoms with Gasteiger partial charge in [0, 0.05) is 0 Å². The second-order valence-corrected chi connectivity index (χ2v) is 4.25. The molecule has 0 fully saturated rings. The predicted molar refractivity (Wildman–Crippen MR) is 68.8 cm³/mol. The Morgan fingerprint density at radius 1 is 1.24 bits per heavy atom. The van der Waals surface area contributed by atoms with E-state index in [0.29, 0.717) is 4.64 Å². The zero-order chi connectivity index (χ0) is 11.8. The first kappa shape index (κ1) is 10.2. The zero-order valence-electron chi connectivity index (χ0n) is 9.21. The number of hydrogen-bond acceptors (Lipinski definition) is 3. The molecule has 4 nitrogen and oxygen atoms in total. The number of aromatic amines is 1. The molecule has 0 atom stereocenters. The number of nitrogens with zero attached hydrogens (tertiary/aromatic N) is 3. The van der Waals surface area contributed by atoms with Crippen molar-refractivity contribution < 1.29 is 0 Å². The molecule has 0 spiro atoms. The van der Waals surface area contributed by atoms with E-state index >= 15 is 0 Å². The van der Waals surface area contributed by atoms with Crippen LogP contribution >= 0.6 is 12.2 Å². The molecule has 2 heterocycles. The van der Waals surface area contributed by atoms with Gasteiger partial charge in [-0.15, -0.1) is 0 Å². The molecule has 1 aromatic carbocycles. The lowest BCUT2D eigenvalue weighted by Gasteiger charge is -2.03. The molecule has 84 valence electrons. The molecule has 0 bridgehead atoms. The number of nitrogens with one attached hydrogen (secondary N) is 1. The summed E-state index contributed by atoms with van der Waals surface area (Å²) in [5.74, 6) is 0. The molecule has 3 aromatic rings. The average Bonchev–Trinajstić information content (AvgIpc) is 2.75. The van der Waals surface area contributed by atoms with Crippen LogP contribution in [0, 0.1) is 11.6 Å². The Morgan fingerprint density at radius 3 is 2.76 bits per heavy atom. The van der Waals surface area contributed by atoms with Gasteiger partial charge in [-0.1, -0.05) is 29.9 Å². The fraction of sp³-hybridized carbons (Fsp3) is 0.0833. The Hall–Kier alpha value is -2.01. The molecule has 17 heavy (non-hydrogen) atoms. The maximum atomic E-state index is 5.15. The molecule has 0 amide bonds. The van der Waals surface area contributed by atoms with Crippen LogP contribution in [0.5, 0.6) is 0 Å². The van der Waals surface area contributed by atoms with Crippen LogP contribution < -0.4 is 0 Å². The predicted octanol–water partition coefficient (Wildman–Crippen LogP) is 2.79. The Balaban J connectivity index is 2.28. The Morgan fingerprint density at radius 2 is 2.00 bits per heavy atom. The minimum Gasteiger partial charge on any atom is -0.330 e. The van der Waals surface area contributed by atoms with Crippen molar-refractivity contribution in [1.29, 1.82) is 0 Å². The summed E-state index contributed by atoms with van der Waals surface area (Å²) in [5.41, 5.74) is 3.09. The van der Waals surface area contributed by atoms with E-state index < -0.39 is 0 Å². The summed E-state index contributed by atoms with van der Waals surface area (Å²) < 4.78 is 2.39. The molecule has 0 radical (unpaired) electrons. The van der Waals surface area contributed by atoms with Gasteiger partial charge in [0.2, 0.25) is 0 Å². The minimum absolute atomic E-state index is 0.567. The number of hydrogen-bond donors (Lipinski definition) is 1. The highest BCUT2D eigenvalue weighted by molar-refractivity contribution is 7.71. The first-order valence-electron chi connectivity index (χ1n) is 5.24. The van der Waals surface area contributed by atoms with Gasteiger partial charge in [-0.3, -0.25) is 0 Å². The van der Waals surface area contributed by atoms with Crippen LogP contribution in [0.4, 0.5) is 0 Å². The number of benzene rings is 1. The first-order chi connectivity index (χ1) is 8.25. The van der Waals surface area contributed by atoms with Crippen molar-refractivity contribution in [2.24, 2.45) is 0 Å². The summed E-state index contributed by atoms with van der Waals surface area (Å²) in [6.45, 7) is 2.06. The zero-order valence-corrected chi connectivity index (χ0v) is 10.0. The highest BCUT2D eigenvalue weighted by Crippen LogP contribution is 2.16. The number of H-pyrrole nitrogens is 1. The molecular weight excluding hydrogens is 232 g/mol. The summed E-state index contributed by atoms with van der Waals surface area (Å²) in [5, 5.41) is 5.20. The largest absolute Gasteiger partial charge is 0.330 e. The van der Waals surface area contributed by atoms with Crippen LogP contribution in [0.1, 0.15) is 5.56 Å². The van der Waals surface area contributed by atoms with Gasteiger partial charge in [0.1, 0.15) is 10.3 Å². The standard InChI is InChI=1S/C12H10N4S/c1-8-2-4-9(5-3-8)16-11-10(6-15-16)12(17)14-7-13-11/h2-7H,1H3,(H,13,14,17). The molecule has 0 saturated carbocycles. The summed E-state index contributed by atoms with van der Waals surface area (Å²) in [6, 6.07) is 8.16. The maximum absolute atomic E-state index is 5.15. The lowest BCUT2D eigenvalue weighted by molar-refractivity contribution is 0.894. The summed E-state index contributed by atoms with van der Waals surface area (Å²) in [7, 11) is 0. The highest BCUT2D eigenvalue weighted by atomic mass is 32.1. The van der Waals surface area contributed by atoms with Crippen molar-refractivity contribution in [1.82, 2.24) is 19.7 Å². The highest BCUT2D eigenvalue weighted by Gasteiger charge is 2.05. The summed E-state index contributed by atoms with van der Waals surface area (Å²) in [4.78, 5) is 7.11. The summed E-state index contributed by atoms with van der Waals surface area (Å²) >= 11 is 5.15. The molecule has 0 aliphatic carbocycles. The van der Waals surface area contributed by atoms with E-state index in [9.17, 15) is 0 Å². The smallest absolute Gasteiger partial charge is 0.145 e. The molecule has 0 aliphatic rings. The molecule has 1 N–H and O–H groups in total. The van der Waals surface area contributed by atoms with Gasteiger partial charge in [0.15, 0.2) is 0 Å². The van der Waals surface area contributed by atoms with Gasteiger partial charge in [0.05, 0.1) is 23.6 Å². The molecule has 3 rings (SSSR count). The van der Waals surface area contributed by atoms with E-state index in [1.807, 2.05) is 16.8 Å². The number of fused-ring (bicyclic) bond motifs is 1. The third-order valence-electron chi connectivity index (χ3n) is 2.66. The van der Waals surface area contributed by atoms with Crippen LogP contribution in [0.25, 0.3) is 16.7 Å². The van der Waals surface area contributed by atoms with E-state index in [4.69, 9.17) is 12.2 Å². The van der Waals surface area contributed by atoms with Crippen molar-refractivity contribution in [3.63, 3.8) is 0 Å². The molecule has 0 unspecified atom stereocenters. The third kappa shape index (κ3) is 1.64. The number of aryl methyl sites for hydroxylation is 1. The minimum atomic E-state index is 0.567. The number of rotatable bonds is 1. The molecule has 0 aliphatic heterocycles. The Kier molecular flexibility index (Phi) is 2.26. The van der Waals surface area contributed by atoms with Crippen LogP contribution in [-0.2, 0) is 0 Å². The van der Waals surface area contributed by atoms with E-state index in [2.05, 4.69) is 34.1 Å². The van der Waals surface area contributed by atoms with Gasteiger partial charge >= 0.3 is 0 Å². The van der Waals surface area contributed by atoms with Crippen LogP contribution in [-0.4, -0.2) is 19.7 Å². The van der Waals surface area contributed by atoms with Crippen LogP contribution in [0.2, 0.25) is 0 Å². The monoisotopic (exact) mass is 242 g/mol. The lowest BCUT2D eigenvalue weighted by atomic mass is 10.2. The maximum Gasteiger partial charge on any atom is 0.145 e. The van der Waals surface area contributed by atoms with Gasteiger partial charge < -0.3 is 4.98 Å². The first-order valence-corrected chi connectivity index (χ1v) is 5.65. The van der Waals surface area contributed by atoms with Crippen molar-refractivity contribution >= 4 is 23.3 Å². The number of aromatic nitrogens is 4. The topological polar surface area (TPSA) is 46.5 Å². The lowest BCUT2D eigenvalue weighted by Crippen LogP contribution is -1.97. The molecule has 2 aromatic heterocycles. The van der Waals surface area contributed by atoms with Gasteiger partial charge in [-0.25, -0.2) is 9.67 Å². The van der Waals surface area contributed by atoms with Crippen LogP contribution in [0.3, 0.4) is 0 Å². The van der Waals surface area contributed by atoms with E-state index in [1.54, 1.807) is 12.5 Å². The van der Waals surface area contributed by atoms with E-state index in [1.165, 1.54) is 5.56 Å². The van der Waals surface area contributed by atoms with Crippen LogP contribution in [0.15, 0.2) is 36.8 Å². The molecule has 5 heteroatoms. The van der Waals surface area contributed by atoms with E-state index in [0.717, 1.165) is 16.7 Å². The molecule has 0 saturated heterocycles. The van der Waals surface area contributed by atoms with Crippen molar-refractivity contribution in [2.45, 2.75) is 6.92 Å². The fourth-order valence-corrected chi connectivity index (χ4v) is 1.95.